The van der Waals surface area contributed by atoms with E-state index in [9.17, 15) is 0 Å². The number of rotatable bonds is 3. The minimum absolute atomic E-state index is 0.898. The maximum atomic E-state index is 6.90. The van der Waals surface area contributed by atoms with Gasteiger partial charge in [-0.1, -0.05) is 133 Å². The van der Waals surface area contributed by atoms with Crippen LogP contribution in [0.5, 0.6) is 0 Å². The van der Waals surface area contributed by atoms with Crippen molar-refractivity contribution in [3.63, 3.8) is 0 Å². The van der Waals surface area contributed by atoms with Crippen molar-refractivity contribution >= 4 is 65.3 Å². The molecule has 0 aliphatic heterocycles. The molecule has 2 heterocycles. The summed E-state index contributed by atoms with van der Waals surface area (Å²) in [4.78, 5) is 0. The van der Waals surface area contributed by atoms with Gasteiger partial charge in [-0.15, -0.1) is 0 Å². The molecule has 46 heavy (non-hydrogen) atoms. The lowest BCUT2D eigenvalue weighted by Crippen LogP contribution is -1.94. The lowest BCUT2D eigenvalue weighted by Gasteiger charge is -2.16. The molecular formula is C44H27NO. The SMILES string of the molecule is c1ccc(-n2c3ccccc3c3ccc(-c4c5ccccc5c(-c5cccc6ccccc56)c5c4oc4ccccc45)cc32)cc1. The highest BCUT2D eigenvalue weighted by Gasteiger charge is 2.24. The topological polar surface area (TPSA) is 18.1 Å². The molecule has 0 saturated heterocycles. The molecule has 0 fully saturated rings. The molecule has 2 heteroatoms. The maximum absolute atomic E-state index is 6.90. The lowest BCUT2D eigenvalue weighted by atomic mass is 9.86. The molecule has 214 valence electrons. The number of hydrogen-bond acceptors (Lipinski definition) is 1. The first kappa shape index (κ1) is 25.2. The minimum Gasteiger partial charge on any atom is -0.455 e. The molecule has 0 spiro atoms. The van der Waals surface area contributed by atoms with E-state index in [4.69, 9.17) is 4.42 Å². The molecule has 2 nitrogen and oxygen atoms in total. The molecule has 0 radical (unpaired) electrons. The summed E-state index contributed by atoms with van der Waals surface area (Å²) in [5.41, 5.74) is 10.0. The molecular weight excluding hydrogens is 558 g/mol. The lowest BCUT2D eigenvalue weighted by molar-refractivity contribution is 0.670. The van der Waals surface area contributed by atoms with Crippen LogP contribution in [0.15, 0.2) is 168 Å². The summed E-state index contributed by atoms with van der Waals surface area (Å²) in [5, 5.41) is 9.64. The number of hydrogen-bond donors (Lipinski definition) is 0. The van der Waals surface area contributed by atoms with Gasteiger partial charge in [0, 0.05) is 38.4 Å². The van der Waals surface area contributed by atoms with Crippen LogP contribution >= 0.6 is 0 Å². The van der Waals surface area contributed by atoms with Gasteiger partial charge in [-0.3, -0.25) is 0 Å². The van der Waals surface area contributed by atoms with Gasteiger partial charge in [0.05, 0.1) is 11.0 Å². The Kier molecular flexibility index (Phi) is 5.31. The van der Waals surface area contributed by atoms with Crippen molar-refractivity contribution in [1.29, 1.82) is 0 Å². The molecule has 2 aromatic heterocycles. The third-order valence-electron chi connectivity index (χ3n) is 9.57. The largest absolute Gasteiger partial charge is 0.455 e. The first-order chi connectivity index (χ1) is 22.8. The molecule has 8 aromatic carbocycles. The Morgan fingerprint density at radius 1 is 0.413 bits per heavy atom. The summed E-state index contributed by atoms with van der Waals surface area (Å²) in [6.07, 6.45) is 0. The van der Waals surface area contributed by atoms with Crippen LogP contribution in [0.1, 0.15) is 0 Å². The number of benzene rings is 8. The molecule has 0 aliphatic carbocycles. The van der Waals surface area contributed by atoms with E-state index < -0.39 is 0 Å². The van der Waals surface area contributed by atoms with Crippen LogP contribution in [0.4, 0.5) is 0 Å². The van der Waals surface area contributed by atoms with Crippen LogP contribution in [0, 0.1) is 0 Å². The summed E-state index contributed by atoms with van der Waals surface area (Å²) >= 11 is 0. The first-order valence-corrected chi connectivity index (χ1v) is 15.8. The Hall–Kier alpha value is -6.12. The average Bonchev–Trinajstić information content (AvgIpc) is 3.66. The van der Waals surface area contributed by atoms with Crippen molar-refractivity contribution in [2.24, 2.45) is 0 Å². The summed E-state index contributed by atoms with van der Waals surface area (Å²) < 4.78 is 9.28. The van der Waals surface area contributed by atoms with E-state index in [0.29, 0.717) is 0 Å². The summed E-state index contributed by atoms with van der Waals surface area (Å²) in [7, 11) is 0. The molecule has 0 atom stereocenters. The van der Waals surface area contributed by atoms with Crippen LogP contribution in [0.3, 0.4) is 0 Å². The fourth-order valence-corrected chi connectivity index (χ4v) is 7.64. The Balaban J connectivity index is 1.38. The maximum Gasteiger partial charge on any atom is 0.144 e. The Morgan fingerprint density at radius 2 is 1.04 bits per heavy atom. The van der Waals surface area contributed by atoms with Crippen molar-refractivity contribution in [3.8, 4) is 27.9 Å². The second-order valence-corrected chi connectivity index (χ2v) is 12.0. The molecule has 0 N–H and O–H groups in total. The Morgan fingerprint density at radius 3 is 1.89 bits per heavy atom. The first-order valence-electron chi connectivity index (χ1n) is 15.8. The van der Waals surface area contributed by atoms with Crippen LogP contribution in [-0.2, 0) is 0 Å². The van der Waals surface area contributed by atoms with Gasteiger partial charge in [-0.05, 0) is 63.0 Å². The van der Waals surface area contributed by atoms with E-state index in [1.807, 2.05) is 0 Å². The van der Waals surface area contributed by atoms with Gasteiger partial charge in [0.1, 0.15) is 11.2 Å². The zero-order valence-electron chi connectivity index (χ0n) is 24.9. The third kappa shape index (κ3) is 3.53. The van der Waals surface area contributed by atoms with E-state index in [2.05, 4.69) is 168 Å². The highest BCUT2D eigenvalue weighted by molar-refractivity contribution is 6.28. The van der Waals surface area contributed by atoms with E-state index in [0.717, 1.165) is 38.8 Å². The van der Waals surface area contributed by atoms with E-state index >= 15 is 0 Å². The molecule has 0 bridgehead atoms. The second kappa shape index (κ2) is 9.69. The predicted molar refractivity (Wildman–Crippen MR) is 194 cm³/mol. The zero-order chi connectivity index (χ0) is 30.2. The smallest absolute Gasteiger partial charge is 0.144 e. The van der Waals surface area contributed by atoms with Crippen LogP contribution in [0.25, 0.3) is 93.2 Å². The van der Waals surface area contributed by atoms with Gasteiger partial charge in [0.25, 0.3) is 0 Å². The molecule has 0 amide bonds. The molecule has 0 unspecified atom stereocenters. The Bertz CT molecular complexity index is 2790. The van der Waals surface area contributed by atoms with Gasteiger partial charge >= 0.3 is 0 Å². The highest BCUT2D eigenvalue weighted by atomic mass is 16.3. The van der Waals surface area contributed by atoms with Gasteiger partial charge in [-0.25, -0.2) is 0 Å². The average molecular weight is 586 g/mol. The fourth-order valence-electron chi connectivity index (χ4n) is 7.64. The number of para-hydroxylation sites is 3. The van der Waals surface area contributed by atoms with Crippen LogP contribution < -0.4 is 0 Å². The third-order valence-corrected chi connectivity index (χ3v) is 9.57. The van der Waals surface area contributed by atoms with Crippen molar-refractivity contribution in [1.82, 2.24) is 4.57 Å². The number of aromatic nitrogens is 1. The molecule has 10 aromatic rings. The molecule has 0 saturated carbocycles. The normalized spacial score (nSPS) is 11.9. The predicted octanol–water partition coefficient (Wildman–Crippen LogP) is 12.3. The fraction of sp³-hybridized carbons (Fsp3) is 0. The molecule has 10 rings (SSSR count). The van der Waals surface area contributed by atoms with Gasteiger partial charge < -0.3 is 8.98 Å². The monoisotopic (exact) mass is 585 g/mol. The van der Waals surface area contributed by atoms with E-state index in [1.54, 1.807) is 0 Å². The van der Waals surface area contributed by atoms with Gasteiger partial charge in [0.15, 0.2) is 0 Å². The van der Waals surface area contributed by atoms with Crippen molar-refractivity contribution in [2.75, 3.05) is 0 Å². The van der Waals surface area contributed by atoms with E-state index in [-0.39, 0.29) is 0 Å². The molecule has 0 aliphatic rings. The van der Waals surface area contributed by atoms with Crippen molar-refractivity contribution < 1.29 is 4.42 Å². The number of fused-ring (bicyclic) bond motifs is 8. The van der Waals surface area contributed by atoms with E-state index in [1.165, 1.54) is 54.5 Å². The zero-order valence-corrected chi connectivity index (χ0v) is 24.9. The van der Waals surface area contributed by atoms with Crippen molar-refractivity contribution in [3.05, 3.63) is 164 Å². The minimum atomic E-state index is 0.898. The Labute approximate surface area is 265 Å². The second-order valence-electron chi connectivity index (χ2n) is 12.0. The van der Waals surface area contributed by atoms with Gasteiger partial charge in [0.2, 0.25) is 0 Å². The number of nitrogens with zero attached hydrogens (tertiary/aromatic N) is 1. The van der Waals surface area contributed by atoms with Gasteiger partial charge in [-0.2, -0.15) is 0 Å². The summed E-state index contributed by atoms with van der Waals surface area (Å²) in [6.45, 7) is 0. The van der Waals surface area contributed by atoms with Crippen molar-refractivity contribution in [2.45, 2.75) is 0 Å². The quantitative estimate of drug-likeness (QED) is 0.202. The summed E-state index contributed by atoms with van der Waals surface area (Å²) in [6, 6.07) is 58.9. The van der Waals surface area contributed by atoms with Crippen LogP contribution in [0.2, 0.25) is 0 Å². The standard InChI is InChI=1S/C44H27NO/c1-2-15-30(16-3-1)45-38-23-10-8-18-32(38)33-26-25-29(27-39(33)45)41-35-19-6-7-20-36(35)42(34-22-12-14-28-13-4-5-17-31(28)34)43-37-21-9-11-24-40(37)46-44(41)43/h1-27H. The number of furan rings is 1. The summed E-state index contributed by atoms with van der Waals surface area (Å²) in [5.74, 6) is 0. The highest BCUT2D eigenvalue weighted by Crippen LogP contribution is 2.49. The van der Waals surface area contributed by atoms with Crippen LogP contribution in [-0.4, -0.2) is 4.57 Å².